The zero-order valence-electron chi connectivity index (χ0n) is 25.1. The summed E-state index contributed by atoms with van der Waals surface area (Å²) in [4.78, 5) is 18.8. The van der Waals surface area contributed by atoms with E-state index in [0.29, 0.717) is 17.9 Å². The number of ether oxygens (including phenoxy) is 1. The zero-order valence-corrected chi connectivity index (χ0v) is 26.1. The predicted molar refractivity (Wildman–Crippen MR) is 158 cm³/mol. The van der Waals surface area contributed by atoms with Crippen LogP contribution in [0, 0.1) is 5.41 Å². The van der Waals surface area contributed by atoms with Crippen molar-refractivity contribution in [2.75, 3.05) is 6.54 Å². The van der Waals surface area contributed by atoms with Gasteiger partial charge in [-0.25, -0.2) is 0 Å². The van der Waals surface area contributed by atoms with Gasteiger partial charge in [0.15, 0.2) is 11.9 Å². The number of aliphatic hydroxyl groups is 1. The molecule has 6 nitrogen and oxygen atoms in total. The Bertz CT molecular complexity index is 1720. The summed E-state index contributed by atoms with van der Waals surface area (Å²) in [6.07, 6.45) is -4.84. The maximum absolute atomic E-state index is 14.2. The standard InChI is InChI=1S/C33H37F3N2O4Si/c1-29(2,3)43(4,5)42-22-11-10-18-16-23-32(40)17-20-19-8-6-7-9-21(19)37-25(20)27-31(32,24(18)26(22)41-27)14-15-38(23)28(39)30(12-13-30)33(34,35)36/h6-11,23,27,37,40H,12-17H2,1-5H3/t23-,27+,31+,32-/m1/s1. The fourth-order valence-corrected chi connectivity index (χ4v) is 9.41. The molecule has 1 spiro atoms. The Morgan fingerprint density at radius 2 is 1.84 bits per heavy atom. The van der Waals surface area contributed by atoms with Gasteiger partial charge < -0.3 is 24.2 Å². The summed E-state index contributed by atoms with van der Waals surface area (Å²) in [6.45, 7) is 11.0. The Hall–Kier alpha value is -2.98. The molecular formula is C33H37F3N2O4Si. The second-order valence-electron chi connectivity index (χ2n) is 15.0. The average Bonchev–Trinajstić information content (AvgIpc) is 3.56. The molecule has 1 saturated carbocycles. The highest BCUT2D eigenvalue weighted by molar-refractivity contribution is 6.74. The number of fused-ring (bicyclic) bond motifs is 4. The molecule has 3 aliphatic carbocycles. The summed E-state index contributed by atoms with van der Waals surface area (Å²) >= 11 is 0. The number of aromatic nitrogens is 1. The van der Waals surface area contributed by atoms with Gasteiger partial charge in [-0.1, -0.05) is 45.0 Å². The molecule has 1 aromatic heterocycles. The summed E-state index contributed by atoms with van der Waals surface area (Å²) in [6, 6.07) is 11.0. The Balaban J connectivity index is 1.34. The Labute approximate surface area is 249 Å². The first kappa shape index (κ1) is 27.6. The van der Waals surface area contributed by atoms with Gasteiger partial charge in [0.1, 0.15) is 16.8 Å². The normalized spacial score (nSPS) is 30.0. The molecule has 1 saturated heterocycles. The van der Waals surface area contributed by atoms with Gasteiger partial charge in [-0.2, -0.15) is 13.2 Å². The fourth-order valence-electron chi connectivity index (χ4n) is 8.40. The van der Waals surface area contributed by atoms with Gasteiger partial charge in [0.25, 0.3) is 8.32 Å². The topological polar surface area (TPSA) is 74.8 Å². The average molecular weight is 611 g/mol. The molecule has 2 N–H and O–H groups in total. The first-order valence-corrected chi connectivity index (χ1v) is 18.2. The van der Waals surface area contributed by atoms with Gasteiger partial charge in [0.2, 0.25) is 5.91 Å². The predicted octanol–water partition coefficient (Wildman–Crippen LogP) is 6.71. The van der Waals surface area contributed by atoms with Crippen LogP contribution in [0.4, 0.5) is 13.2 Å². The number of halogens is 3. The van der Waals surface area contributed by atoms with Crippen LogP contribution in [0.2, 0.25) is 18.1 Å². The smallest absolute Gasteiger partial charge is 0.403 e. The number of aromatic amines is 1. The van der Waals surface area contributed by atoms with Gasteiger partial charge in [-0.05, 0) is 67.1 Å². The molecule has 3 aromatic rings. The van der Waals surface area contributed by atoms with Crippen LogP contribution < -0.4 is 9.16 Å². The minimum Gasteiger partial charge on any atom is -0.541 e. The molecule has 8 rings (SSSR count). The van der Waals surface area contributed by atoms with Crippen molar-refractivity contribution in [3.05, 3.63) is 58.8 Å². The van der Waals surface area contributed by atoms with E-state index in [4.69, 9.17) is 9.16 Å². The van der Waals surface area contributed by atoms with E-state index in [-0.39, 0.29) is 37.3 Å². The molecule has 5 aliphatic rings. The number of hydrogen-bond donors (Lipinski definition) is 2. The molecule has 1 amide bonds. The van der Waals surface area contributed by atoms with E-state index in [1.54, 1.807) is 0 Å². The van der Waals surface area contributed by atoms with E-state index in [0.717, 1.165) is 33.3 Å². The Morgan fingerprint density at radius 1 is 1.12 bits per heavy atom. The molecule has 2 bridgehead atoms. The number of para-hydroxylation sites is 1. The molecule has 4 atom stereocenters. The molecule has 10 heteroatoms. The summed E-state index contributed by atoms with van der Waals surface area (Å²) in [5.74, 6) is 0.388. The lowest BCUT2D eigenvalue weighted by Crippen LogP contribution is -2.75. The largest absolute Gasteiger partial charge is 0.541 e. The van der Waals surface area contributed by atoms with Crippen molar-refractivity contribution in [2.24, 2.45) is 5.41 Å². The van der Waals surface area contributed by atoms with Gasteiger partial charge in [-0.15, -0.1) is 0 Å². The van der Waals surface area contributed by atoms with Crippen molar-refractivity contribution in [3.63, 3.8) is 0 Å². The second kappa shape index (κ2) is 7.99. The number of hydrogen-bond acceptors (Lipinski definition) is 4. The second-order valence-corrected chi connectivity index (χ2v) is 19.7. The lowest BCUT2D eigenvalue weighted by molar-refractivity contribution is -0.214. The Morgan fingerprint density at radius 3 is 2.51 bits per heavy atom. The van der Waals surface area contributed by atoms with Crippen LogP contribution in [0.1, 0.15) is 68.5 Å². The van der Waals surface area contributed by atoms with Crippen LogP contribution >= 0.6 is 0 Å². The third-order valence-electron chi connectivity index (χ3n) is 11.9. The number of amides is 1. The molecule has 0 unspecified atom stereocenters. The molecular weight excluding hydrogens is 573 g/mol. The summed E-state index contributed by atoms with van der Waals surface area (Å²) in [5, 5.41) is 14.0. The number of alkyl halides is 3. The molecule has 0 radical (unpaired) electrons. The lowest BCUT2D eigenvalue weighted by Gasteiger charge is -2.62. The number of likely N-dealkylation sites (tertiary alicyclic amines) is 1. The molecule has 2 aromatic carbocycles. The van der Waals surface area contributed by atoms with E-state index in [2.05, 4.69) is 38.8 Å². The lowest BCUT2D eigenvalue weighted by atomic mass is 9.49. The number of rotatable bonds is 3. The minimum atomic E-state index is -4.62. The van der Waals surface area contributed by atoms with E-state index in [9.17, 15) is 23.1 Å². The number of benzene rings is 2. The van der Waals surface area contributed by atoms with Crippen molar-refractivity contribution in [3.8, 4) is 11.5 Å². The SMILES string of the molecule is CC(C)(C)[Si](C)(C)Oc1ccc2c3c1O[C@H]1c4[nH]c5ccccc5c4C[C@@]4(O)[C@@H](C2)N(C(=O)C2(C(F)(F)F)CC2)CC[C@]314. The first-order valence-electron chi connectivity index (χ1n) is 15.3. The van der Waals surface area contributed by atoms with Gasteiger partial charge in [0.05, 0.1) is 17.2 Å². The number of H-pyrrole nitrogens is 1. The van der Waals surface area contributed by atoms with Crippen molar-refractivity contribution in [1.29, 1.82) is 0 Å². The van der Waals surface area contributed by atoms with Gasteiger partial charge in [0, 0.05) is 29.4 Å². The van der Waals surface area contributed by atoms with Crippen molar-refractivity contribution < 1.29 is 32.2 Å². The quantitative estimate of drug-likeness (QED) is 0.324. The minimum absolute atomic E-state index is 0.0571. The Kier molecular flexibility index (Phi) is 5.12. The van der Waals surface area contributed by atoms with Crippen molar-refractivity contribution in [2.45, 2.75) is 100 Å². The number of nitrogens with one attached hydrogen (secondary N) is 1. The van der Waals surface area contributed by atoms with Crippen LogP contribution in [0.15, 0.2) is 36.4 Å². The van der Waals surface area contributed by atoms with Crippen LogP contribution in [0.3, 0.4) is 0 Å². The van der Waals surface area contributed by atoms with Crippen LogP contribution in [0.5, 0.6) is 11.5 Å². The molecule has 43 heavy (non-hydrogen) atoms. The summed E-state index contributed by atoms with van der Waals surface area (Å²) in [7, 11) is -2.27. The van der Waals surface area contributed by atoms with E-state index >= 15 is 0 Å². The third kappa shape index (κ3) is 3.21. The van der Waals surface area contributed by atoms with E-state index < -0.39 is 49.0 Å². The summed E-state index contributed by atoms with van der Waals surface area (Å²) < 4.78 is 56.4. The van der Waals surface area contributed by atoms with E-state index in [1.165, 1.54) is 4.90 Å². The number of piperidine rings is 1. The fraction of sp³-hybridized carbons (Fsp3) is 0.545. The molecule has 228 valence electrons. The van der Waals surface area contributed by atoms with Crippen molar-refractivity contribution >= 4 is 25.1 Å². The highest BCUT2D eigenvalue weighted by atomic mass is 28.4. The van der Waals surface area contributed by atoms with Gasteiger partial charge in [-0.3, -0.25) is 4.79 Å². The van der Waals surface area contributed by atoms with Crippen molar-refractivity contribution in [1.82, 2.24) is 9.88 Å². The molecule has 3 heterocycles. The van der Waals surface area contributed by atoms with E-state index in [1.807, 2.05) is 36.4 Å². The summed E-state index contributed by atoms with van der Waals surface area (Å²) in [5.41, 5.74) is -0.290. The highest BCUT2D eigenvalue weighted by Gasteiger charge is 2.76. The van der Waals surface area contributed by atoms with Crippen LogP contribution in [-0.4, -0.2) is 53.6 Å². The maximum Gasteiger partial charge on any atom is 0.403 e. The zero-order chi connectivity index (χ0) is 30.5. The van der Waals surface area contributed by atoms with Crippen LogP contribution in [-0.2, 0) is 23.1 Å². The highest BCUT2D eigenvalue weighted by Crippen LogP contribution is 2.70. The molecule has 2 aliphatic heterocycles. The monoisotopic (exact) mass is 610 g/mol. The van der Waals surface area contributed by atoms with Gasteiger partial charge >= 0.3 is 6.18 Å². The van der Waals surface area contributed by atoms with Crippen LogP contribution in [0.25, 0.3) is 10.9 Å². The number of nitrogens with zero attached hydrogens (tertiary/aromatic N) is 1. The number of carbonyl (C=O) groups is 1. The first-order chi connectivity index (χ1) is 20.1. The number of carbonyl (C=O) groups excluding carboxylic acids is 1. The third-order valence-corrected chi connectivity index (χ3v) is 16.2. The molecule has 2 fully saturated rings. The maximum atomic E-state index is 14.2.